The lowest BCUT2D eigenvalue weighted by Gasteiger charge is -2.49. The summed E-state index contributed by atoms with van der Waals surface area (Å²) in [5, 5.41) is 0. The van der Waals surface area contributed by atoms with E-state index in [4.69, 9.17) is 0 Å². The maximum Gasteiger partial charge on any atom is 0.115 e. The van der Waals surface area contributed by atoms with Crippen LogP contribution >= 0.6 is 0 Å². The number of hydrogen-bond acceptors (Lipinski definition) is 2. The fraction of sp³-hybridized carbons (Fsp3) is 1.00. The minimum absolute atomic E-state index is 0.145. The quantitative estimate of drug-likeness (QED) is 0.726. The van der Waals surface area contributed by atoms with Gasteiger partial charge in [-0.3, -0.25) is 9.80 Å². The van der Waals surface area contributed by atoms with Crippen molar-refractivity contribution in [2.75, 3.05) is 26.2 Å². The van der Waals surface area contributed by atoms with Gasteiger partial charge in [0.1, 0.15) is 5.67 Å². The van der Waals surface area contributed by atoms with E-state index in [2.05, 4.69) is 44.4 Å². The average molecular weight is 284 g/mol. The van der Waals surface area contributed by atoms with Crippen molar-refractivity contribution in [1.29, 1.82) is 0 Å². The van der Waals surface area contributed by atoms with Crippen LogP contribution in [-0.4, -0.2) is 53.2 Å². The molecule has 20 heavy (non-hydrogen) atoms. The van der Waals surface area contributed by atoms with Crippen LogP contribution < -0.4 is 0 Å². The summed E-state index contributed by atoms with van der Waals surface area (Å²) in [5.74, 6) is 0.291. The molecule has 0 amide bonds. The van der Waals surface area contributed by atoms with Gasteiger partial charge >= 0.3 is 0 Å². The Kier molecular flexibility index (Phi) is 4.52. The largest absolute Gasteiger partial charge is 0.300 e. The summed E-state index contributed by atoms with van der Waals surface area (Å²) < 4.78 is 14.6. The zero-order valence-electron chi connectivity index (χ0n) is 14.2. The lowest BCUT2D eigenvalue weighted by molar-refractivity contribution is -0.0544. The number of piperidine rings is 2. The second-order valence-electron chi connectivity index (χ2n) is 8.30. The molecule has 0 aliphatic carbocycles. The lowest BCUT2D eigenvalue weighted by Crippen LogP contribution is -2.58. The zero-order chi connectivity index (χ0) is 15.1. The molecule has 0 saturated carbocycles. The second-order valence-corrected chi connectivity index (χ2v) is 8.30. The number of hydrogen-bond donors (Lipinski definition) is 0. The number of likely N-dealkylation sites (tertiary alicyclic amines) is 2. The van der Waals surface area contributed by atoms with Gasteiger partial charge in [-0.2, -0.15) is 0 Å². The van der Waals surface area contributed by atoms with E-state index in [1.165, 1.54) is 25.9 Å². The topological polar surface area (TPSA) is 6.48 Å². The van der Waals surface area contributed by atoms with E-state index in [1.54, 1.807) is 6.92 Å². The van der Waals surface area contributed by atoms with Crippen molar-refractivity contribution in [2.45, 2.75) is 71.6 Å². The summed E-state index contributed by atoms with van der Waals surface area (Å²) in [6, 6.07) is 0.662. The number of nitrogens with zero attached hydrogens (tertiary/aromatic N) is 2. The predicted octanol–water partition coefficient (Wildman–Crippen LogP) is 3.57. The van der Waals surface area contributed by atoms with Crippen molar-refractivity contribution in [2.24, 2.45) is 11.8 Å². The summed E-state index contributed by atoms with van der Waals surface area (Å²) in [6.07, 6.45) is 2.47. The van der Waals surface area contributed by atoms with Crippen molar-refractivity contribution in [3.63, 3.8) is 0 Å². The van der Waals surface area contributed by atoms with Gasteiger partial charge in [-0.05, 0) is 40.5 Å². The molecule has 2 rings (SSSR count). The Morgan fingerprint density at radius 2 is 1.45 bits per heavy atom. The third kappa shape index (κ3) is 3.19. The zero-order valence-corrected chi connectivity index (χ0v) is 14.2. The normalized spacial score (nSPS) is 39.1. The number of halogens is 1. The maximum absolute atomic E-state index is 14.6. The van der Waals surface area contributed by atoms with Crippen LogP contribution in [0.3, 0.4) is 0 Å². The Balaban J connectivity index is 1.92. The minimum Gasteiger partial charge on any atom is -0.300 e. The maximum atomic E-state index is 14.6. The van der Waals surface area contributed by atoms with Gasteiger partial charge in [0.05, 0.1) is 0 Å². The van der Waals surface area contributed by atoms with Crippen molar-refractivity contribution in [1.82, 2.24) is 9.80 Å². The fourth-order valence-electron chi connectivity index (χ4n) is 3.82. The highest BCUT2D eigenvalue weighted by molar-refractivity contribution is 4.96. The lowest BCUT2D eigenvalue weighted by atomic mass is 9.77. The van der Waals surface area contributed by atoms with E-state index in [1.807, 2.05) is 0 Å². The highest BCUT2D eigenvalue weighted by atomic mass is 19.1. The standard InChI is InChI=1S/C17H33FN2/c1-13-11-19(12-14(2)17(13,6)18)15-7-9-20(10-8-15)16(3,4)5/h13-15H,7-12H2,1-6H3. The van der Waals surface area contributed by atoms with E-state index < -0.39 is 5.67 Å². The summed E-state index contributed by atoms with van der Waals surface area (Å²) in [6.45, 7) is 17.1. The summed E-state index contributed by atoms with van der Waals surface area (Å²) >= 11 is 0. The molecular formula is C17H33FN2. The molecule has 0 N–H and O–H groups in total. The first kappa shape index (κ1) is 16.2. The van der Waals surface area contributed by atoms with Crippen LogP contribution in [0.15, 0.2) is 0 Å². The predicted molar refractivity (Wildman–Crippen MR) is 83.8 cm³/mol. The van der Waals surface area contributed by atoms with Gasteiger partial charge in [0, 0.05) is 49.6 Å². The van der Waals surface area contributed by atoms with Crippen molar-refractivity contribution >= 4 is 0 Å². The summed E-state index contributed by atoms with van der Waals surface area (Å²) in [7, 11) is 0. The molecule has 3 heteroatoms. The minimum atomic E-state index is -0.997. The van der Waals surface area contributed by atoms with E-state index in [9.17, 15) is 4.39 Å². The van der Waals surface area contributed by atoms with E-state index >= 15 is 0 Å². The Bertz CT molecular complexity index is 312. The van der Waals surface area contributed by atoms with Crippen LogP contribution in [0.5, 0.6) is 0 Å². The molecule has 2 aliphatic rings. The molecule has 2 aliphatic heterocycles. The van der Waals surface area contributed by atoms with Crippen LogP contribution in [0.25, 0.3) is 0 Å². The molecule has 2 heterocycles. The van der Waals surface area contributed by atoms with Gasteiger partial charge in [0.15, 0.2) is 0 Å². The number of rotatable bonds is 1. The Morgan fingerprint density at radius 1 is 1.00 bits per heavy atom. The Labute approximate surface area is 124 Å². The highest BCUT2D eigenvalue weighted by Gasteiger charge is 2.44. The van der Waals surface area contributed by atoms with Crippen molar-refractivity contribution < 1.29 is 4.39 Å². The molecule has 0 aromatic heterocycles. The SMILES string of the molecule is CC1CN(C2CCN(C(C)(C)C)CC2)CC(C)C1(C)F. The van der Waals surface area contributed by atoms with Crippen molar-refractivity contribution in [3.8, 4) is 0 Å². The molecule has 0 aromatic rings. The highest BCUT2D eigenvalue weighted by Crippen LogP contribution is 2.37. The van der Waals surface area contributed by atoms with Gasteiger partial charge in [0.2, 0.25) is 0 Å². The molecule has 0 aromatic carbocycles. The van der Waals surface area contributed by atoms with Gasteiger partial charge < -0.3 is 0 Å². The fourth-order valence-corrected chi connectivity index (χ4v) is 3.82. The van der Waals surface area contributed by atoms with Gasteiger partial charge in [-0.25, -0.2) is 4.39 Å². The molecule has 0 radical (unpaired) electrons. The molecule has 2 atom stereocenters. The van der Waals surface area contributed by atoms with Gasteiger partial charge in [-0.1, -0.05) is 13.8 Å². The van der Waals surface area contributed by atoms with Crippen molar-refractivity contribution in [3.05, 3.63) is 0 Å². The third-order valence-corrected chi connectivity index (χ3v) is 5.87. The van der Waals surface area contributed by atoms with Crippen LogP contribution in [0, 0.1) is 11.8 Å². The molecule has 2 unspecified atom stereocenters. The molecular weight excluding hydrogens is 251 g/mol. The van der Waals surface area contributed by atoms with E-state index in [-0.39, 0.29) is 17.4 Å². The molecule has 2 saturated heterocycles. The first-order valence-electron chi connectivity index (χ1n) is 8.30. The smallest absolute Gasteiger partial charge is 0.115 e. The average Bonchev–Trinajstić information content (AvgIpc) is 2.35. The van der Waals surface area contributed by atoms with Crippen LogP contribution in [-0.2, 0) is 0 Å². The summed E-state index contributed by atoms with van der Waals surface area (Å²) in [5.41, 5.74) is -0.715. The van der Waals surface area contributed by atoms with Gasteiger partial charge in [0.25, 0.3) is 0 Å². The molecule has 118 valence electrons. The molecule has 0 bridgehead atoms. The first-order chi connectivity index (χ1) is 9.12. The number of alkyl halides is 1. The Hall–Kier alpha value is -0.150. The molecule has 2 fully saturated rings. The van der Waals surface area contributed by atoms with Crippen LogP contribution in [0.1, 0.15) is 54.4 Å². The molecule has 0 spiro atoms. The summed E-state index contributed by atoms with van der Waals surface area (Å²) in [4.78, 5) is 5.15. The second kappa shape index (κ2) is 5.57. The van der Waals surface area contributed by atoms with Gasteiger partial charge in [-0.15, -0.1) is 0 Å². The van der Waals surface area contributed by atoms with Crippen LogP contribution in [0.2, 0.25) is 0 Å². The van der Waals surface area contributed by atoms with Crippen LogP contribution in [0.4, 0.5) is 4.39 Å². The first-order valence-corrected chi connectivity index (χ1v) is 8.30. The molecule has 2 nitrogen and oxygen atoms in total. The Morgan fingerprint density at radius 3 is 1.85 bits per heavy atom. The van der Waals surface area contributed by atoms with E-state index in [0.29, 0.717) is 6.04 Å². The third-order valence-electron chi connectivity index (χ3n) is 5.87. The monoisotopic (exact) mass is 284 g/mol. The van der Waals surface area contributed by atoms with E-state index in [0.717, 1.165) is 13.1 Å².